The molecule has 0 unspecified atom stereocenters. The van der Waals surface area contributed by atoms with Crippen LogP contribution in [0.2, 0.25) is 5.02 Å². The first kappa shape index (κ1) is 25.8. The van der Waals surface area contributed by atoms with E-state index in [0.29, 0.717) is 23.5 Å². The number of hydrogen-bond donors (Lipinski definition) is 3. The minimum Gasteiger partial charge on any atom is -0.371 e. The van der Waals surface area contributed by atoms with Gasteiger partial charge in [-0.1, -0.05) is 25.4 Å². The zero-order chi connectivity index (χ0) is 24.5. The van der Waals surface area contributed by atoms with Crippen molar-refractivity contribution in [2.24, 2.45) is 0 Å². The molecule has 0 atom stereocenters. The SMILES string of the molecule is CCN(CC)CCNC(=O)c1cc(NC(=O)Nc2ccc(F)c(Cl)c2)ccc1N1CCCCC1. The van der Waals surface area contributed by atoms with Gasteiger partial charge in [0, 0.05) is 43.2 Å². The van der Waals surface area contributed by atoms with E-state index in [-0.39, 0.29) is 10.9 Å². The molecule has 0 saturated carbocycles. The van der Waals surface area contributed by atoms with Crippen LogP contribution in [0.25, 0.3) is 0 Å². The molecule has 0 radical (unpaired) electrons. The number of hydrogen-bond acceptors (Lipinski definition) is 4. The Hall–Kier alpha value is -2.84. The molecule has 0 aliphatic carbocycles. The standard InChI is InChI=1S/C25H33ClFN5O2/c1-3-31(4-2)15-12-28-24(33)20-16-18(9-11-23(20)32-13-6-5-7-14-32)29-25(34)30-19-8-10-22(27)21(26)17-19/h8-11,16-17H,3-7,12-15H2,1-2H3,(H,28,33)(H2,29,30,34). The van der Waals surface area contributed by atoms with Crippen LogP contribution in [0.3, 0.4) is 0 Å². The lowest BCUT2D eigenvalue weighted by atomic mass is 10.1. The highest BCUT2D eigenvalue weighted by Gasteiger charge is 2.20. The van der Waals surface area contributed by atoms with Crippen molar-refractivity contribution in [3.05, 3.63) is 52.8 Å². The maximum absolute atomic E-state index is 13.4. The van der Waals surface area contributed by atoms with E-state index in [1.54, 1.807) is 12.1 Å². The third-order valence-corrected chi connectivity index (χ3v) is 6.27. The number of nitrogens with zero attached hydrogens (tertiary/aromatic N) is 2. The Kier molecular flexibility index (Phi) is 9.53. The summed E-state index contributed by atoms with van der Waals surface area (Å²) in [5, 5.41) is 8.32. The normalized spacial score (nSPS) is 13.6. The van der Waals surface area contributed by atoms with Gasteiger partial charge >= 0.3 is 6.03 Å². The van der Waals surface area contributed by atoms with Crippen molar-refractivity contribution >= 4 is 40.6 Å². The third-order valence-electron chi connectivity index (χ3n) is 5.98. The third kappa shape index (κ3) is 7.08. The Bertz CT molecular complexity index is 993. The van der Waals surface area contributed by atoms with Crippen molar-refractivity contribution < 1.29 is 14.0 Å². The number of halogens is 2. The molecule has 3 N–H and O–H groups in total. The second-order valence-corrected chi connectivity index (χ2v) is 8.68. The predicted molar refractivity (Wildman–Crippen MR) is 137 cm³/mol. The fourth-order valence-corrected chi connectivity index (χ4v) is 4.22. The molecule has 9 heteroatoms. The number of benzene rings is 2. The monoisotopic (exact) mass is 489 g/mol. The van der Waals surface area contributed by atoms with E-state index in [1.165, 1.54) is 24.6 Å². The number of anilines is 3. The van der Waals surface area contributed by atoms with Gasteiger partial charge in [-0.25, -0.2) is 9.18 Å². The first-order valence-electron chi connectivity index (χ1n) is 11.8. The van der Waals surface area contributed by atoms with Crippen molar-refractivity contribution in [1.29, 1.82) is 0 Å². The van der Waals surface area contributed by atoms with Crippen LogP contribution in [0.1, 0.15) is 43.5 Å². The number of amides is 3. The van der Waals surface area contributed by atoms with Crippen LogP contribution >= 0.6 is 11.6 Å². The van der Waals surface area contributed by atoms with Crippen molar-refractivity contribution in [3.63, 3.8) is 0 Å². The van der Waals surface area contributed by atoms with Crippen LogP contribution in [0.15, 0.2) is 36.4 Å². The average molecular weight is 490 g/mol. The Labute approximate surface area is 205 Å². The number of carbonyl (C=O) groups is 2. The lowest BCUT2D eigenvalue weighted by molar-refractivity contribution is 0.0949. The minimum absolute atomic E-state index is 0.0765. The van der Waals surface area contributed by atoms with Crippen molar-refractivity contribution in [1.82, 2.24) is 10.2 Å². The van der Waals surface area contributed by atoms with Gasteiger partial charge in [0.25, 0.3) is 5.91 Å². The molecule has 0 spiro atoms. The molecule has 1 aliphatic heterocycles. The fraction of sp³-hybridized carbons (Fsp3) is 0.440. The molecular formula is C25H33ClFN5O2. The van der Waals surface area contributed by atoms with Crippen LogP contribution < -0.4 is 20.9 Å². The first-order valence-corrected chi connectivity index (χ1v) is 12.2. The van der Waals surface area contributed by atoms with Gasteiger partial charge < -0.3 is 25.8 Å². The van der Waals surface area contributed by atoms with Crippen molar-refractivity contribution in [2.45, 2.75) is 33.1 Å². The number of likely N-dealkylation sites (N-methyl/N-ethyl adjacent to an activating group) is 1. The molecule has 184 valence electrons. The molecule has 3 rings (SSSR count). The fourth-order valence-electron chi connectivity index (χ4n) is 4.04. The highest BCUT2D eigenvalue weighted by atomic mass is 35.5. The van der Waals surface area contributed by atoms with E-state index in [1.807, 2.05) is 6.07 Å². The zero-order valence-corrected chi connectivity index (χ0v) is 20.6. The summed E-state index contributed by atoms with van der Waals surface area (Å²) in [6.07, 6.45) is 3.37. The molecule has 2 aromatic carbocycles. The number of rotatable bonds is 9. The molecule has 1 saturated heterocycles. The molecule has 1 fully saturated rings. The molecule has 34 heavy (non-hydrogen) atoms. The van der Waals surface area contributed by atoms with Gasteiger partial charge in [0.1, 0.15) is 5.82 Å². The molecule has 0 aromatic heterocycles. The maximum Gasteiger partial charge on any atom is 0.323 e. The van der Waals surface area contributed by atoms with Gasteiger partial charge in [-0.05, 0) is 68.8 Å². The second-order valence-electron chi connectivity index (χ2n) is 8.27. The minimum atomic E-state index is -0.558. The summed E-state index contributed by atoms with van der Waals surface area (Å²) in [4.78, 5) is 30.1. The second kappa shape index (κ2) is 12.6. The highest BCUT2D eigenvalue weighted by molar-refractivity contribution is 6.31. The van der Waals surface area contributed by atoms with E-state index in [9.17, 15) is 14.0 Å². The van der Waals surface area contributed by atoms with Crippen molar-refractivity contribution in [2.75, 3.05) is 54.8 Å². The Morgan fingerprint density at radius 1 is 1.00 bits per heavy atom. The Morgan fingerprint density at radius 2 is 1.65 bits per heavy atom. The lowest BCUT2D eigenvalue weighted by Gasteiger charge is -2.30. The van der Waals surface area contributed by atoms with Crippen LogP contribution in [0, 0.1) is 5.82 Å². The quantitative estimate of drug-likeness (QED) is 0.453. The molecule has 1 heterocycles. The van der Waals surface area contributed by atoms with E-state index >= 15 is 0 Å². The summed E-state index contributed by atoms with van der Waals surface area (Å²) < 4.78 is 13.4. The largest absolute Gasteiger partial charge is 0.371 e. The molecule has 1 aliphatic rings. The molecule has 3 amide bonds. The van der Waals surface area contributed by atoms with Gasteiger partial charge in [0.15, 0.2) is 0 Å². The van der Waals surface area contributed by atoms with Crippen LogP contribution in [0.5, 0.6) is 0 Å². The number of carbonyl (C=O) groups excluding carboxylic acids is 2. The summed E-state index contributed by atoms with van der Waals surface area (Å²) in [6, 6.07) is 8.81. The smallest absolute Gasteiger partial charge is 0.323 e. The summed E-state index contributed by atoms with van der Waals surface area (Å²) >= 11 is 5.79. The van der Waals surface area contributed by atoms with Crippen LogP contribution in [0.4, 0.5) is 26.2 Å². The first-order chi connectivity index (χ1) is 16.4. The maximum atomic E-state index is 13.4. The van der Waals surface area contributed by atoms with Gasteiger partial charge in [0.05, 0.1) is 10.6 Å². The topological polar surface area (TPSA) is 76.7 Å². The van der Waals surface area contributed by atoms with E-state index < -0.39 is 11.8 Å². The summed E-state index contributed by atoms with van der Waals surface area (Å²) in [7, 11) is 0. The number of urea groups is 1. The predicted octanol–water partition coefficient (Wildman–Crippen LogP) is 5.19. The molecule has 7 nitrogen and oxygen atoms in total. The van der Waals surface area contributed by atoms with Gasteiger partial charge in [-0.2, -0.15) is 0 Å². The molecule has 2 aromatic rings. The van der Waals surface area contributed by atoms with Gasteiger partial charge in [-0.15, -0.1) is 0 Å². The zero-order valence-electron chi connectivity index (χ0n) is 19.8. The lowest BCUT2D eigenvalue weighted by Crippen LogP contribution is -2.36. The van der Waals surface area contributed by atoms with Crippen molar-refractivity contribution in [3.8, 4) is 0 Å². The molecular weight excluding hydrogens is 457 g/mol. The summed E-state index contributed by atoms with van der Waals surface area (Å²) in [5.74, 6) is -0.723. The Morgan fingerprint density at radius 3 is 2.29 bits per heavy atom. The number of nitrogens with one attached hydrogen (secondary N) is 3. The highest BCUT2D eigenvalue weighted by Crippen LogP contribution is 2.27. The average Bonchev–Trinajstić information content (AvgIpc) is 2.84. The summed E-state index contributed by atoms with van der Waals surface area (Å²) in [5.41, 5.74) is 2.25. The Balaban J connectivity index is 1.74. The van der Waals surface area contributed by atoms with E-state index in [2.05, 4.69) is 39.6 Å². The van der Waals surface area contributed by atoms with Gasteiger partial charge in [-0.3, -0.25) is 4.79 Å². The van der Waals surface area contributed by atoms with E-state index in [4.69, 9.17) is 11.6 Å². The number of piperidine rings is 1. The molecule has 0 bridgehead atoms. The summed E-state index contributed by atoms with van der Waals surface area (Å²) in [6.45, 7) is 9.18. The van der Waals surface area contributed by atoms with Crippen LogP contribution in [-0.4, -0.2) is 56.1 Å². The van der Waals surface area contributed by atoms with E-state index in [0.717, 1.165) is 51.3 Å². The van der Waals surface area contributed by atoms with Gasteiger partial charge in [0.2, 0.25) is 0 Å². The van der Waals surface area contributed by atoms with Crippen LogP contribution in [-0.2, 0) is 0 Å².